The van der Waals surface area contributed by atoms with Crippen molar-refractivity contribution in [2.75, 3.05) is 5.32 Å². The monoisotopic (exact) mass is 229 g/mol. The molecule has 0 saturated carbocycles. The van der Waals surface area contributed by atoms with Gasteiger partial charge in [0, 0.05) is 11.9 Å². The van der Waals surface area contributed by atoms with E-state index >= 15 is 0 Å². The van der Waals surface area contributed by atoms with Gasteiger partial charge in [-0.15, -0.1) is 0 Å². The number of aryl methyl sites for hydroxylation is 2. The van der Waals surface area contributed by atoms with Crippen molar-refractivity contribution in [3.8, 4) is 0 Å². The van der Waals surface area contributed by atoms with Gasteiger partial charge in [-0.25, -0.2) is 0 Å². The number of benzene rings is 1. The van der Waals surface area contributed by atoms with E-state index in [9.17, 15) is 0 Å². The van der Waals surface area contributed by atoms with Crippen molar-refractivity contribution in [2.24, 2.45) is 0 Å². The third-order valence-corrected chi connectivity index (χ3v) is 3.09. The van der Waals surface area contributed by atoms with Gasteiger partial charge in [0.1, 0.15) is 0 Å². The molecule has 0 aliphatic rings. The van der Waals surface area contributed by atoms with Crippen LogP contribution in [0.5, 0.6) is 0 Å². The van der Waals surface area contributed by atoms with E-state index in [1.807, 2.05) is 6.07 Å². The predicted molar refractivity (Wildman–Crippen MR) is 71.2 cm³/mol. The average molecular weight is 229 g/mol. The zero-order chi connectivity index (χ0) is 12.3. The summed E-state index contributed by atoms with van der Waals surface area (Å²) in [5, 5.41) is 10.5. The van der Waals surface area contributed by atoms with Crippen molar-refractivity contribution in [1.82, 2.24) is 10.2 Å². The van der Waals surface area contributed by atoms with Crippen LogP contribution in [0.25, 0.3) is 0 Å². The molecule has 0 fully saturated rings. The molecule has 2 rings (SSSR count). The SMILES string of the molecule is CCc1cccc(C)c1NC(C)c1ccn[nH]1. The highest BCUT2D eigenvalue weighted by Crippen LogP contribution is 2.25. The molecule has 1 atom stereocenters. The van der Waals surface area contributed by atoms with Crippen molar-refractivity contribution >= 4 is 5.69 Å². The Morgan fingerprint density at radius 2 is 2.18 bits per heavy atom. The summed E-state index contributed by atoms with van der Waals surface area (Å²) in [6, 6.07) is 8.67. The second-order valence-corrected chi connectivity index (χ2v) is 4.34. The Labute approximate surface area is 102 Å². The van der Waals surface area contributed by atoms with Gasteiger partial charge in [0.05, 0.1) is 11.7 Å². The van der Waals surface area contributed by atoms with Crippen LogP contribution < -0.4 is 5.32 Å². The van der Waals surface area contributed by atoms with Crippen molar-refractivity contribution in [2.45, 2.75) is 33.2 Å². The first-order valence-corrected chi connectivity index (χ1v) is 6.06. The summed E-state index contributed by atoms with van der Waals surface area (Å²) in [4.78, 5) is 0. The summed E-state index contributed by atoms with van der Waals surface area (Å²) in [6.45, 7) is 6.46. The van der Waals surface area contributed by atoms with Gasteiger partial charge in [0.15, 0.2) is 0 Å². The third kappa shape index (κ3) is 2.49. The van der Waals surface area contributed by atoms with Crippen LogP contribution in [-0.4, -0.2) is 10.2 Å². The van der Waals surface area contributed by atoms with Crippen LogP contribution in [0.4, 0.5) is 5.69 Å². The van der Waals surface area contributed by atoms with Gasteiger partial charge in [-0.05, 0) is 37.5 Å². The number of aromatic nitrogens is 2. The molecule has 0 spiro atoms. The summed E-state index contributed by atoms with van der Waals surface area (Å²) in [6.07, 6.45) is 2.83. The van der Waals surface area contributed by atoms with Gasteiger partial charge in [0.25, 0.3) is 0 Å². The maximum atomic E-state index is 3.98. The fourth-order valence-electron chi connectivity index (χ4n) is 2.03. The first-order valence-electron chi connectivity index (χ1n) is 6.06. The molecule has 0 amide bonds. The van der Waals surface area contributed by atoms with Gasteiger partial charge in [-0.3, -0.25) is 5.10 Å². The van der Waals surface area contributed by atoms with E-state index < -0.39 is 0 Å². The summed E-state index contributed by atoms with van der Waals surface area (Å²) < 4.78 is 0. The molecule has 2 aromatic rings. The number of nitrogens with one attached hydrogen (secondary N) is 2. The fourth-order valence-corrected chi connectivity index (χ4v) is 2.03. The van der Waals surface area contributed by atoms with Crippen LogP contribution in [0, 0.1) is 6.92 Å². The van der Waals surface area contributed by atoms with E-state index in [0.29, 0.717) is 0 Å². The van der Waals surface area contributed by atoms with E-state index in [2.05, 4.69) is 54.5 Å². The molecule has 3 heteroatoms. The van der Waals surface area contributed by atoms with Crippen molar-refractivity contribution in [3.05, 3.63) is 47.3 Å². The standard InChI is InChI=1S/C14H19N3/c1-4-12-7-5-6-10(2)14(12)16-11(3)13-8-9-15-17-13/h5-9,11,16H,4H2,1-3H3,(H,15,17). The molecule has 1 aromatic carbocycles. The molecule has 1 unspecified atom stereocenters. The van der Waals surface area contributed by atoms with Crippen LogP contribution in [0.3, 0.4) is 0 Å². The lowest BCUT2D eigenvalue weighted by Gasteiger charge is -2.18. The Morgan fingerprint density at radius 3 is 2.82 bits per heavy atom. The Balaban J connectivity index is 2.24. The Bertz CT molecular complexity index is 474. The molecule has 0 aliphatic carbocycles. The fraction of sp³-hybridized carbons (Fsp3) is 0.357. The van der Waals surface area contributed by atoms with Crippen LogP contribution in [0.15, 0.2) is 30.5 Å². The number of anilines is 1. The van der Waals surface area contributed by atoms with Crippen molar-refractivity contribution in [1.29, 1.82) is 0 Å². The van der Waals surface area contributed by atoms with E-state index in [1.165, 1.54) is 16.8 Å². The molecule has 3 nitrogen and oxygen atoms in total. The van der Waals surface area contributed by atoms with Gasteiger partial charge < -0.3 is 5.32 Å². The van der Waals surface area contributed by atoms with Crippen LogP contribution in [0.1, 0.15) is 36.7 Å². The molecule has 0 bridgehead atoms. The molecule has 1 aromatic heterocycles. The van der Waals surface area contributed by atoms with Gasteiger partial charge in [-0.2, -0.15) is 5.10 Å². The summed E-state index contributed by atoms with van der Waals surface area (Å²) in [5.74, 6) is 0. The van der Waals surface area contributed by atoms with Crippen molar-refractivity contribution in [3.63, 3.8) is 0 Å². The van der Waals surface area contributed by atoms with Crippen LogP contribution in [-0.2, 0) is 6.42 Å². The number of rotatable bonds is 4. The molecule has 2 N–H and O–H groups in total. The average Bonchev–Trinajstić information content (AvgIpc) is 2.85. The molecule has 17 heavy (non-hydrogen) atoms. The number of aromatic amines is 1. The molecular formula is C14H19N3. The Kier molecular flexibility index (Phi) is 3.47. The first kappa shape index (κ1) is 11.7. The lowest BCUT2D eigenvalue weighted by atomic mass is 10.0. The van der Waals surface area contributed by atoms with Crippen LogP contribution in [0.2, 0.25) is 0 Å². The topological polar surface area (TPSA) is 40.7 Å². The second-order valence-electron chi connectivity index (χ2n) is 4.34. The second kappa shape index (κ2) is 5.04. The minimum absolute atomic E-state index is 0.240. The largest absolute Gasteiger partial charge is 0.377 e. The maximum absolute atomic E-state index is 3.98. The van der Waals surface area contributed by atoms with E-state index in [0.717, 1.165) is 12.1 Å². The Morgan fingerprint density at radius 1 is 1.35 bits per heavy atom. The maximum Gasteiger partial charge on any atom is 0.0651 e. The normalized spacial score (nSPS) is 12.4. The van der Waals surface area contributed by atoms with Crippen molar-refractivity contribution < 1.29 is 0 Å². The van der Waals surface area contributed by atoms with Gasteiger partial charge in [0.2, 0.25) is 0 Å². The lowest BCUT2D eigenvalue weighted by molar-refractivity contribution is 0.821. The number of hydrogen-bond acceptors (Lipinski definition) is 2. The molecule has 0 radical (unpaired) electrons. The molecular weight excluding hydrogens is 210 g/mol. The first-order chi connectivity index (χ1) is 8.22. The van der Waals surface area contributed by atoms with Crippen LogP contribution >= 0.6 is 0 Å². The highest BCUT2D eigenvalue weighted by Gasteiger charge is 2.10. The smallest absolute Gasteiger partial charge is 0.0651 e. The Hall–Kier alpha value is -1.77. The molecule has 1 heterocycles. The quantitative estimate of drug-likeness (QED) is 0.843. The summed E-state index contributed by atoms with van der Waals surface area (Å²) >= 11 is 0. The van der Waals surface area contributed by atoms with E-state index in [-0.39, 0.29) is 6.04 Å². The third-order valence-electron chi connectivity index (χ3n) is 3.09. The minimum Gasteiger partial charge on any atom is -0.377 e. The zero-order valence-electron chi connectivity index (χ0n) is 10.6. The van der Waals surface area contributed by atoms with Gasteiger partial charge in [-0.1, -0.05) is 25.1 Å². The summed E-state index contributed by atoms with van der Waals surface area (Å²) in [7, 11) is 0. The van der Waals surface area contributed by atoms with Gasteiger partial charge >= 0.3 is 0 Å². The van der Waals surface area contributed by atoms with E-state index in [1.54, 1.807) is 6.20 Å². The molecule has 0 saturated heterocycles. The number of H-pyrrole nitrogens is 1. The minimum atomic E-state index is 0.240. The lowest BCUT2D eigenvalue weighted by Crippen LogP contribution is -2.10. The molecule has 0 aliphatic heterocycles. The highest BCUT2D eigenvalue weighted by molar-refractivity contribution is 5.58. The summed E-state index contributed by atoms with van der Waals surface area (Å²) in [5.41, 5.74) is 5.00. The predicted octanol–water partition coefficient (Wildman–Crippen LogP) is 3.45. The number of hydrogen-bond donors (Lipinski definition) is 2. The number of nitrogens with zero attached hydrogens (tertiary/aromatic N) is 1. The number of para-hydroxylation sites is 1. The zero-order valence-corrected chi connectivity index (χ0v) is 10.6. The molecule has 90 valence electrons. The van der Waals surface area contributed by atoms with E-state index in [4.69, 9.17) is 0 Å². The highest BCUT2D eigenvalue weighted by atomic mass is 15.1.